The van der Waals surface area contributed by atoms with Crippen molar-refractivity contribution >= 4 is 23.1 Å². The van der Waals surface area contributed by atoms with Crippen LogP contribution in [0, 0.1) is 0 Å². The highest BCUT2D eigenvalue weighted by molar-refractivity contribution is 7.99. The van der Waals surface area contributed by atoms with Crippen LogP contribution >= 0.6 is 23.1 Å². The van der Waals surface area contributed by atoms with Crippen molar-refractivity contribution in [2.45, 2.75) is 17.1 Å². The maximum absolute atomic E-state index is 12.4. The van der Waals surface area contributed by atoms with Crippen LogP contribution in [0.3, 0.4) is 0 Å². The van der Waals surface area contributed by atoms with Crippen LogP contribution in [0.4, 0.5) is 13.2 Å². The molecule has 0 fully saturated rings. The van der Waals surface area contributed by atoms with Crippen molar-refractivity contribution in [2.24, 2.45) is 5.73 Å². The highest BCUT2D eigenvalue weighted by atomic mass is 32.2. The zero-order chi connectivity index (χ0) is 13.9. The van der Waals surface area contributed by atoms with E-state index in [1.165, 1.54) is 18.0 Å². The fourth-order valence-electron chi connectivity index (χ4n) is 1.37. The number of thioether (sulfide) groups is 1. The molecule has 0 spiro atoms. The monoisotopic (exact) mass is 304 g/mol. The van der Waals surface area contributed by atoms with E-state index < -0.39 is 17.2 Å². The Hall–Kier alpha value is -1.05. The van der Waals surface area contributed by atoms with Crippen LogP contribution in [0.15, 0.2) is 41.4 Å². The van der Waals surface area contributed by atoms with Crippen molar-refractivity contribution in [3.8, 4) is 0 Å². The minimum Gasteiger partial charge on any atom is -0.323 e. The predicted octanol–water partition coefficient (Wildman–Crippen LogP) is 3.95. The third kappa shape index (κ3) is 3.95. The van der Waals surface area contributed by atoms with E-state index in [9.17, 15) is 13.2 Å². The van der Waals surface area contributed by atoms with E-state index in [0.717, 1.165) is 4.90 Å². The van der Waals surface area contributed by atoms with Gasteiger partial charge in [-0.25, -0.2) is 4.98 Å². The molecule has 2 aromatic rings. The number of aromatic nitrogens is 1. The molecule has 0 aliphatic carbocycles. The maximum atomic E-state index is 12.4. The summed E-state index contributed by atoms with van der Waals surface area (Å²) in [5, 5.41) is -0.845. The van der Waals surface area contributed by atoms with Gasteiger partial charge in [-0.2, -0.15) is 13.2 Å². The summed E-state index contributed by atoms with van der Waals surface area (Å²) in [6.45, 7) is 0. The summed E-state index contributed by atoms with van der Waals surface area (Å²) in [5.74, 6) is 0.517. The molecule has 102 valence electrons. The lowest BCUT2D eigenvalue weighted by Gasteiger charge is -2.08. The van der Waals surface area contributed by atoms with Gasteiger partial charge in [0, 0.05) is 21.7 Å². The smallest absolute Gasteiger partial charge is 0.323 e. The van der Waals surface area contributed by atoms with Crippen molar-refractivity contribution in [1.82, 2.24) is 4.98 Å². The lowest BCUT2D eigenvalue weighted by Crippen LogP contribution is -2.11. The second-order valence-corrected chi connectivity index (χ2v) is 5.95. The lowest BCUT2D eigenvalue weighted by atomic mass is 10.3. The van der Waals surface area contributed by atoms with Crippen molar-refractivity contribution in [1.29, 1.82) is 0 Å². The molecule has 1 unspecified atom stereocenters. The molecule has 0 aliphatic heterocycles. The lowest BCUT2D eigenvalue weighted by molar-refractivity contribution is -0.137. The second-order valence-electron chi connectivity index (χ2n) is 3.80. The van der Waals surface area contributed by atoms with Gasteiger partial charge in [0.25, 0.3) is 0 Å². The second kappa shape index (κ2) is 5.94. The normalized spacial score (nSPS) is 13.5. The van der Waals surface area contributed by atoms with E-state index in [2.05, 4.69) is 4.98 Å². The summed E-state index contributed by atoms with van der Waals surface area (Å²) < 4.78 is 37.3. The number of hydrogen-bond acceptors (Lipinski definition) is 4. The largest absolute Gasteiger partial charge is 0.443 e. The van der Waals surface area contributed by atoms with Crippen LogP contribution in [-0.4, -0.2) is 10.7 Å². The molecule has 0 amide bonds. The fraction of sp³-hybridized carbons (Fsp3) is 0.250. The van der Waals surface area contributed by atoms with Gasteiger partial charge < -0.3 is 5.73 Å². The highest BCUT2D eigenvalue weighted by Crippen LogP contribution is 2.35. The zero-order valence-electron chi connectivity index (χ0n) is 9.72. The number of thiazole rings is 1. The first-order valence-corrected chi connectivity index (χ1v) is 7.23. The number of benzene rings is 1. The Morgan fingerprint density at radius 2 is 1.95 bits per heavy atom. The molecule has 0 aliphatic rings. The predicted molar refractivity (Wildman–Crippen MR) is 71.2 cm³/mol. The van der Waals surface area contributed by atoms with Crippen LogP contribution in [0.25, 0.3) is 0 Å². The summed E-state index contributed by atoms with van der Waals surface area (Å²) in [4.78, 5) is 4.86. The summed E-state index contributed by atoms with van der Waals surface area (Å²) in [6.07, 6.45) is -3.18. The van der Waals surface area contributed by atoms with Gasteiger partial charge in [-0.15, -0.1) is 23.1 Å². The van der Waals surface area contributed by atoms with E-state index in [1.807, 2.05) is 30.3 Å². The molecule has 0 bridgehead atoms. The average Bonchev–Trinajstić information content (AvgIpc) is 2.87. The molecule has 7 heteroatoms. The first-order chi connectivity index (χ1) is 8.97. The number of nitrogens with zero attached hydrogens (tertiary/aromatic N) is 1. The van der Waals surface area contributed by atoms with Gasteiger partial charge >= 0.3 is 6.18 Å². The molecule has 2 nitrogen and oxygen atoms in total. The number of hydrogen-bond donors (Lipinski definition) is 1. The molecule has 0 saturated heterocycles. The number of halogens is 3. The molecule has 1 heterocycles. The average molecular weight is 304 g/mol. The van der Waals surface area contributed by atoms with Crippen molar-refractivity contribution in [2.75, 3.05) is 5.75 Å². The molecule has 0 radical (unpaired) electrons. The topological polar surface area (TPSA) is 38.9 Å². The molecule has 2 rings (SSSR count). The summed E-state index contributed by atoms with van der Waals surface area (Å²) in [7, 11) is 0. The first-order valence-electron chi connectivity index (χ1n) is 5.43. The van der Waals surface area contributed by atoms with Gasteiger partial charge in [0.2, 0.25) is 0 Å². The Kier molecular flexibility index (Phi) is 4.49. The summed E-state index contributed by atoms with van der Waals surface area (Å²) in [5.41, 5.74) is 5.88. The zero-order valence-corrected chi connectivity index (χ0v) is 11.4. The Morgan fingerprint density at radius 3 is 2.53 bits per heavy atom. The van der Waals surface area contributed by atoms with Gasteiger partial charge in [0.05, 0.1) is 6.04 Å². The Balaban J connectivity index is 1.97. The molecule has 19 heavy (non-hydrogen) atoms. The maximum Gasteiger partial charge on any atom is 0.443 e. The third-order valence-electron chi connectivity index (χ3n) is 2.30. The third-order valence-corrected chi connectivity index (χ3v) is 4.61. The molecule has 0 saturated carbocycles. The number of alkyl halides is 3. The quantitative estimate of drug-likeness (QED) is 0.869. The van der Waals surface area contributed by atoms with Gasteiger partial charge in [0.1, 0.15) is 0 Å². The highest BCUT2D eigenvalue weighted by Gasteiger charge is 2.35. The van der Waals surface area contributed by atoms with E-state index in [-0.39, 0.29) is 0 Å². The molecule has 1 aromatic carbocycles. The van der Waals surface area contributed by atoms with Crippen molar-refractivity contribution < 1.29 is 13.2 Å². The number of nitrogens with two attached hydrogens (primary N) is 1. The minimum absolute atomic E-state index is 0.446. The first kappa shape index (κ1) is 14.4. The fourth-order valence-corrected chi connectivity index (χ4v) is 3.17. The SMILES string of the molecule is NC(CSc1ccccc1)c1cnc(C(F)(F)F)s1. The van der Waals surface area contributed by atoms with Crippen LogP contribution in [0.2, 0.25) is 0 Å². The Bertz CT molecular complexity index is 525. The van der Waals surface area contributed by atoms with Crippen LogP contribution in [-0.2, 0) is 6.18 Å². The van der Waals surface area contributed by atoms with Crippen molar-refractivity contribution in [3.63, 3.8) is 0 Å². The molecule has 1 aromatic heterocycles. The van der Waals surface area contributed by atoms with Gasteiger partial charge in [-0.3, -0.25) is 0 Å². The summed E-state index contributed by atoms with van der Waals surface area (Å²) in [6, 6.07) is 9.14. The van der Waals surface area contributed by atoms with Crippen LogP contribution in [0.5, 0.6) is 0 Å². The Labute approximate surface area is 116 Å². The standard InChI is InChI=1S/C12H11F3N2S2/c13-12(14,15)11-17-6-10(19-11)9(16)7-18-8-4-2-1-3-5-8/h1-6,9H,7,16H2. The molecule has 1 atom stereocenters. The van der Waals surface area contributed by atoms with Crippen LogP contribution in [0.1, 0.15) is 15.9 Å². The van der Waals surface area contributed by atoms with E-state index >= 15 is 0 Å². The molecular weight excluding hydrogens is 293 g/mol. The minimum atomic E-state index is -4.39. The van der Waals surface area contributed by atoms with E-state index in [1.54, 1.807) is 0 Å². The molecule has 2 N–H and O–H groups in total. The number of rotatable bonds is 4. The van der Waals surface area contributed by atoms with E-state index in [4.69, 9.17) is 5.73 Å². The Morgan fingerprint density at radius 1 is 1.26 bits per heavy atom. The molecular formula is C12H11F3N2S2. The van der Waals surface area contributed by atoms with Gasteiger partial charge in [-0.05, 0) is 12.1 Å². The van der Waals surface area contributed by atoms with Crippen LogP contribution < -0.4 is 5.73 Å². The van der Waals surface area contributed by atoms with Gasteiger partial charge in [-0.1, -0.05) is 18.2 Å². The van der Waals surface area contributed by atoms with E-state index in [0.29, 0.717) is 22.0 Å². The van der Waals surface area contributed by atoms with Gasteiger partial charge in [0.15, 0.2) is 5.01 Å². The van der Waals surface area contributed by atoms with Crippen molar-refractivity contribution in [3.05, 3.63) is 46.4 Å². The summed E-state index contributed by atoms with van der Waals surface area (Å²) >= 11 is 2.12.